The molecule has 1 saturated heterocycles. The number of fused-ring (bicyclic) bond motifs is 1. The summed E-state index contributed by atoms with van der Waals surface area (Å²) in [5, 5.41) is 1.09. The Kier molecular flexibility index (Phi) is 4.79. The van der Waals surface area contributed by atoms with Crippen molar-refractivity contribution in [2.75, 3.05) is 13.1 Å². The molecular formula is C19H24N2O2. The van der Waals surface area contributed by atoms with Gasteiger partial charge in [0.1, 0.15) is 17.4 Å². The average Bonchev–Trinajstić information content (AvgIpc) is 2.55. The van der Waals surface area contributed by atoms with Gasteiger partial charge in [-0.3, -0.25) is 9.78 Å². The molecule has 3 rings (SSSR count). The molecule has 1 aliphatic rings. The van der Waals surface area contributed by atoms with E-state index >= 15 is 0 Å². The molecule has 1 aromatic heterocycles. The fraction of sp³-hybridized carbons (Fsp3) is 0.474. The fourth-order valence-electron chi connectivity index (χ4n) is 3.05. The first-order chi connectivity index (χ1) is 11.1. The quantitative estimate of drug-likeness (QED) is 0.865. The van der Waals surface area contributed by atoms with Crippen molar-refractivity contribution in [2.24, 2.45) is 5.92 Å². The van der Waals surface area contributed by atoms with E-state index in [1.54, 1.807) is 6.20 Å². The number of para-hydroxylation sites is 1. The molecule has 1 amide bonds. The Balaban J connectivity index is 1.61. The van der Waals surface area contributed by atoms with Gasteiger partial charge in [0.05, 0.1) is 0 Å². The number of rotatable bonds is 4. The molecule has 122 valence electrons. The third kappa shape index (κ3) is 3.81. The number of hydrogen-bond acceptors (Lipinski definition) is 3. The zero-order valence-electron chi connectivity index (χ0n) is 13.9. The van der Waals surface area contributed by atoms with Crippen LogP contribution >= 0.6 is 0 Å². The highest BCUT2D eigenvalue weighted by atomic mass is 16.5. The highest BCUT2D eigenvalue weighted by Crippen LogP contribution is 2.26. The van der Waals surface area contributed by atoms with Gasteiger partial charge in [0, 0.05) is 43.9 Å². The van der Waals surface area contributed by atoms with Crippen molar-refractivity contribution in [3.63, 3.8) is 0 Å². The minimum absolute atomic E-state index is 0.158. The van der Waals surface area contributed by atoms with E-state index in [-0.39, 0.29) is 12.0 Å². The lowest BCUT2D eigenvalue weighted by atomic mass is 10.0. The molecule has 1 aliphatic heterocycles. The number of nitrogens with zero attached hydrogens (tertiary/aromatic N) is 2. The van der Waals surface area contributed by atoms with Gasteiger partial charge in [-0.05, 0) is 18.1 Å². The van der Waals surface area contributed by atoms with Crippen molar-refractivity contribution < 1.29 is 9.53 Å². The molecule has 0 aliphatic carbocycles. The summed E-state index contributed by atoms with van der Waals surface area (Å²) in [5.74, 6) is 1.53. The number of carbonyl (C=O) groups is 1. The molecule has 1 fully saturated rings. The molecule has 4 heteroatoms. The van der Waals surface area contributed by atoms with Crippen LogP contribution in [-0.4, -0.2) is 35.0 Å². The van der Waals surface area contributed by atoms with Crippen LogP contribution in [0.1, 0.15) is 33.1 Å². The van der Waals surface area contributed by atoms with Crippen LogP contribution in [0.5, 0.6) is 5.75 Å². The summed E-state index contributed by atoms with van der Waals surface area (Å²) in [4.78, 5) is 18.5. The summed E-state index contributed by atoms with van der Waals surface area (Å²) in [5.41, 5.74) is 0.910. The minimum atomic E-state index is 0.158. The standard InChI is InChI=1S/C19H24N2O2/c1-14(2)13-18(22)21-11-8-16(9-12-21)23-17-7-3-5-15-6-4-10-20-19(15)17/h3-7,10,14,16H,8-9,11-13H2,1-2H3. The second-order valence-electron chi connectivity index (χ2n) is 6.63. The smallest absolute Gasteiger partial charge is 0.222 e. The van der Waals surface area contributed by atoms with Crippen LogP contribution in [0.4, 0.5) is 0 Å². The van der Waals surface area contributed by atoms with E-state index < -0.39 is 0 Å². The molecule has 23 heavy (non-hydrogen) atoms. The Hall–Kier alpha value is -2.10. The highest BCUT2D eigenvalue weighted by molar-refractivity contribution is 5.84. The van der Waals surface area contributed by atoms with Gasteiger partial charge in [-0.15, -0.1) is 0 Å². The first kappa shape index (κ1) is 15.8. The molecule has 0 unspecified atom stereocenters. The fourth-order valence-corrected chi connectivity index (χ4v) is 3.05. The number of hydrogen-bond donors (Lipinski definition) is 0. The molecule has 0 radical (unpaired) electrons. The molecule has 0 bridgehead atoms. The van der Waals surface area contributed by atoms with Crippen molar-refractivity contribution in [2.45, 2.75) is 39.2 Å². The second-order valence-corrected chi connectivity index (χ2v) is 6.63. The summed E-state index contributed by atoms with van der Waals surface area (Å²) in [7, 11) is 0. The largest absolute Gasteiger partial charge is 0.488 e. The Bertz CT molecular complexity index is 671. The van der Waals surface area contributed by atoms with Crippen LogP contribution in [0.15, 0.2) is 36.5 Å². The van der Waals surface area contributed by atoms with Crippen LogP contribution in [0.3, 0.4) is 0 Å². The number of carbonyl (C=O) groups excluding carboxylic acids is 1. The lowest BCUT2D eigenvalue weighted by Gasteiger charge is -2.32. The van der Waals surface area contributed by atoms with Crippen LogP contribution in [0, 0.1) is 5.92 Å². The van der Waals surface area contributed by atoms with E-state index in [1.807, 2.05) is 35.2 Å². The predicted molar refractivity (Wildman–Crippen MR) is 91.4 cm³/mol. The van der Waals surface area contributed by atoms with Crippen molar-refractivity contribution in [3.05, 3.63) is 36.5 Å². The van der Waals surface area contributed by atoms with E-state index in [1.165, 1.54) is 0 Å². The number of ether oxygens (including phenoxy) is 1. The van der Waals surface area contributed by atoms with E-state index in [9.17, 15) is 4.79 Å². The third-order valence-electron chi connectivity index (χ3n) is 4.27. The van der Waals surface area contributed by atoms with Crippen LogP contribution < -0.4 is 4.74 Å². The summed E-state index contributed by atoms with van der Waals surface area (Å²) >= 11 is 0. The van der Waals surface area contributed by atoms with Gasteiger partial charge in [-0.25, -0.2) is 0 Å². The molecule has 1 aromatic carbocycles. The molecule has 0 atom stereocenters. The Morgan fingerprint density at radius 2 is 2.00 bits per heavy atom. The molecule has 0 spiro atoms. The van der Waals surface area contributed by atoms with Gasteiger partial charge in [-0.2, -0.15) is 0 Å². The average molecular weight is 312 g/mol. The van der Waals surface area contributed by atoms with Gasteiger partial charge in [0.25, 0.3) is 0 Å². The Labute approximate surface area is 137 Å². The lowest BCUT2D eigenvalue weighted by Crippen LogP contribution is -2.42. The number of aromatic nitrogens is 1. The predicted octanol–water partition coefficient (Wildman–Crippen LogP) is 3.65. The normalized spacial score (nSPS) is 16.0. The summed E-state index contributed by atoms with van der Waals surface area (Å²) in [6.07, 6.45) is 4.35. The number of amides is 1. The number of likely N-dealkylation sites (tertiary alicyclic amines) is 1. The Morgan fingerprint density at radius 1 is 1.26 bits per heavy atom. The minimum Gasteiger partial charge on any atom is -0.488 e. The van der Waals surface area contributed by atoms with Gasteiger partial charge in [0.15, 0.2) is 0 Å². The van der Waals surface area contributed by atoms with E-state index in [0.29, 0.717) is 12.3 Å². The molecule has 2 aromatic rings. The molecule has 2 heterocycles. The first-order valence-corrected chi connectivity index (χ1v) is 8.41. The van der Waals surface area contributed by atoms with E-state index in [4.69, 9.17) is 4.74 Å². The van der Waals surface area contributed by atoms with Crippen LogP contribution in [0.2, 0.25) is 0 Å². The van der Waals surface area contributed by atoms with E-state index in [2.05, 4.69) is 18.8 Å². The van der Waals surface area contributed by atoms with Crippen LogP contribution in [0.25, 0.3) is 10.9 Å². The summed E-state index contributed by atoms with van der Waals surface area (Å²) in [6, 6.07) is 10.0. The van der Waals surface area contributed by atoms with Crippen molar-refractivity contribution in [1.29, 1.82) is 0 Å². The third-order valence-corrected chi connectivity index (χ3v) is 4.27. The van der Waals surface area contributed by atoms with Gasteiger partial charge in [0.2, 0.25) is 5.91 Å². The maximum atomic E-state index is 12.1. The zero-order chi connectivity index (χ0) is 16.2. The topological polar surface area (TPSA) is 42.4 Å². The van der Waals surface area contributed by atoms with Crippen molar-refractivity contribution in [3.8, 4) is 5.75 Å². The highest BCUT2D eigenvalue weighted by Gasteiger charge is 2.24. The Morgan fingerprint density at radius 3 is 2.74 bits per heavy atom. The van der Waals surface area contributed by atoms with Crippen LogP contribution in [-0.2, 0) is 4.79 Å². The van der Waals surface area contributed by atoms with Gasteiger partial charge < -0.3 is 9.64 Å². The molecule has 0 N–H and O–H groups in total. The van der Waals surface area contributed by atoms with Gasteiger partial charge in [-0.1, -0.05) is 32.0 Å². The SMILES string of the molecule is CC(C)CC(=O)N1CCC(Oc2cccc3cccnc23)CC1. The summed E-state index contributed by atoms with van der Waals surface area (Å²) < 4.78 is 6.18. The lowest BCUT2D eigenvalue weighted by molar-refractivity contribution is -0.133. The first-order valence-electron chi connectivity index (χ1n) is 8.41. The van der Waals surface area contributed by atoms with Crippen molar-refractivity contribution >= 4 is 16.8 Å². The van der Waals surface area contributed by atoms with Gasteiger partial charge >= 0.3 is 0 Å². The number of benzene rings is 1. The zero-order valence-corrected chi connectivity index (χ0v) is 13.9. The number of piperidine rings is 1. The molecular weight excluding hydrogens is 288 g/mol. The second kappa shape index (κ2) is 6.99. The molecule has 4 nitrogen and oxygen atoms in total. The van der Waals surface area contributed by atoms with E-state index in [0.717, 1.165) is 42.6 Å². The van der Waals surface area contributed by atoms with Crippen molar-refractivity contribution in [1.82, 2.24) is 9.88 Å². The number of pyridine rings is 1. The summed E-state index contributed by atoms with van der Waals surface area (Å²) in [6.45, 7) is 5.74. The monoisotopic (exact) mass is 312 g/mol. The maximum absolute atomic E-state index is 12.1. The molecule has 0 saturated carbocycles. The maximum Gasteiger partial charge on any atom is 0.222 e.